The number of nitrogens with one attached hydrogen (secondary N) is 1. The largest absolute Gasteiger partial charge is 0.493 e. The third-order valence-electron chi connectivity index (χ3n) is 4.58. The first-order chi connectivity index (χ1) is 14.4. The van der Waals surface area contributed by atoms with E-state index in [0.717, 1.165) is 16.1 Å². The summed E-state index contributed by atoms with van der Waals surface area (Å²) in [6, 6.07) is 5.62. The lowest BCUT2D eigenvalue weighted by atomic mass is 10.2. The summed E-state index contributed by atoms with van der Waals surface area (Å²) in [4.78, 5) is 18.1. The summed E-state index contributed by atoms with van der Waals surface area (Å²) < 4.78 is 12.7. The highest BCUT2D eigenvalue weighted by Crippen LogP contribution is 2.33. The monoisotopic (exact) mass is 447 g/mol. The van der Waals surface area contributed by atoms with Crippen molar-refractivity contribution in [2.24, 2.45) is 0 Å². The van der Waals surface area contributed by atoms with E-state index in [9.17, 15) is 4.79 Å². The zero-order valence-electron chi connectivity index (χ0n) is 17.8. The SMILES string of the molecule is CCn1c(S[C@@H](C)C(=O)Nc2nc(C)c(C)s2)nnc1-c1ccc(OC)c(OC)c1. The topological polar surface area (TPSA) is 91.2 Å². The Kier molecular flexibility index (Phi) is 6.99. The number of aryl methyl sites for hydroxylation is 2. The van der Waals surface area contributed by atoms with Crippen molar-refractivity contribution in [2.45, 2.75) is 44.6 Å². The maximum Gasteiger partial charge on any atom is 0.239 e. The van der Waals surface area contributed by atoms with Crippen LogP contribution >= 0.6 is 23.1 Å². The minimum atomic E-state index is -0.359. The van der Waals surface area contributed by atoms with Crippen molar-refractivity contribution in [3.63, 3.8) is 0 Å². The summed E-state index contributed by atoms with van der Waals surface area (Å²) in [6.07, 6.45) is 0. The van der Waals surface area contributed by atoms with Crippen LogP contribution in [-0.4, -0.2) is 45.1 Å². The van der Waals surface area contributed by atoms with Gasteiger partial charge in [-0.1, -0.05) is 11.8 Å². The molecule has 0 unspecified atom stereocenters. The van der Waals surface area contributed by atoms with E-state index in [-0.39, 0.29) is 11.2 Å². The van der Waals surface area contributed by atoms with E-state index in [1.165, 1.54) is 23.1 Å². The lowest BCUT2D eigenvalue weighted by Gasteiger charge is -2.12. The van der Waals surface area contributed by atoms with Gasteiger partial charge in [-0.2, -0.15) is 0 Å². The molecular weight excluding hydrogens is 422 g/mol. The predicted molar refractivity (Wildman–Crippen MR) is 120 cm³/mol. The number of ether oxygens (including phenoxy) is 2. The molecule has 0 saturated heterocycles. The van der Waals surface area contributed by atoms with Crippen LogP contribution < -0.4 is 14.8 Å². The molecular formula is C20H25N5O3S2. The Bertz CT molecular complexity index is 1030. The number of rotatable bonds is 8. The normalized spacial score (nSPS) is 11.9. The molecule has 0 aliphatic rings. The lowest BCUT2D eigenvalue weighted by Crippen LogP contribution is -2.22. The van der Waals surface area contributed by atoms with Crippen LogP contribution in [0.5, 0.6) is 11.5 Å². The standard InChI is InChI=1S/C20H25N5O3S2/c1-7-25-17(14-8-9-15(27-5)16(10-14)28-6)23-24-20(25)30-13(4)18(26)22-19-21-11(2)12(3)29-19/h8-10,13H,7H2,1-6H3,(H,21,22,26)/t13-/m0/s1. The van der Waals surface area contributed by atoms with E-state index in [1.54, 1.807) is 14.2 Å². The number of nitrogens with zero attached hydrogens (tertiary/aromatic N) is 4. The Hall–Kier alpha value is -2.59. The quantitative estimate of drug-likeness (QED) is 0.518. The number of carbonyl (C=O) groups excluding carboxylic acids is 1. The summed E-state index contributed by atoms with van der Waals surface area (Å²) in [5.74, 6) is 1.86. The molecule has 30 heavy (non-hydrogen) atoms. The number of hydrogen-bond donors (Lipinski definition) is 1. The number of thiazole rings is 1. The zero-order valence-corrected chi connectivity index (χ0v) is 19.5. The molecule has 1 N–H and O–H groups in total. The van der Waals surface area contributed by atoms with Crippen LogP contribution in [0.25, 0.3) is 11.4 Å². The van der Waals surface area contributed by atoms with Gasteiger partial charge < -0.3 is 19.4 Å². The van der Waals surface area contributed by atoms with Gasteiger partial charge >= 0.3 is 0 Å². The van der Waals surface area contributed by atoms with Crippen LogP contribution in [0.4, 0.5) is 5.13 Å². The van der Waals surface area contributed by atoms with Gasteiger partial charge in [-0.25, -0.2) is 4.98 Å². The summed E-state index contributed by atoms with van der Waals surface area (Å²) >= 11 is 2.84. The number of aromatic nitrogens is 4. The Morgan fingerprint density at radius 1 is 1.23 bits per heavy atom. The van der Waals surface area contributed by atoms with Crippen LogP contribution in [0.15, 0.2) is 23.4 Å². The van der Waals surface area contributed by atoms with Crippen molar-refractivity contribution in [3.05, 3.63) is 28.8 Å². The number of carbonyl (C=O) groups is 1. The van der Waals surface area contributed by atoms with Crippen LogP contribution in [0, 0.1) is 13.8 Å². The number of amides is 1. The molecule has 3 rings (SSSR count). The van der Waals surface area contributed by atoms with Gasteiger partial charge in [0.1, 0.15) is 0 Å². The molecule has 1 atom stereocenters. The molecule has 0 aliphatic heterocycles. The second kappa shape index (κ2) is 9.48. The van der Waals surface area contributed by atoms with E-state index in [2.05, 4.69) is 20.5 Å². The third kappa shape index (κ3) is 4.59. The van der Waals surface area contributed by atoms with Gasteiger partial charge in [0.05, 0.1) is 25.2 Å². The van der Waals surface area contributed by atoms with Crippen molar-refractivity contribution in [2.75, 3.05) is 19.5 Å². The number of methoxy groups -OCH3 is 2. The van der Waals surface area contributed by atoms with Gasteiger partial charge in [-0.3, -0.25) is 4.79 Å². The fourth-order valence-corrected chi connectivity index (χ4v) is 4.53. The molecule has 160 valence electrons. The van der Waals surface area contributed by atoms with Crippen LogP contribution in [-0.2, 0) is 11.3 Å². The first-order valence-electron chi connectivity index (χ1n) is 9.45. The first kappa shape index (κ1) is 22.1. The highest BCUT2D eigenvalue weighted by molar-refractivity contribution is 8.00. The molecule has 10 heteroatoms. The van der Waals surface area contributed by atoms with Gasteiger partial charge in [0.15, 0.2) is 27.6 Å². The Labute approximate surface area is 184 Å². The maximum atomic E-state index is 12.6. The molecule has 2 heterocycles. The average molecular weight is 448 g/mol. The molecule has 1 amide bonds. The molecule has 0 radical (unpaired) electrons. The predicted octanol–water partition coefficient (Wildman–Crippen LogP) is 4.17. The van der Waals surface area contributed by atoms with Crippen molar-refractivity contribution < 1.29 is 14.3 Å². The van der Waals surface area contributed by atoms with Gasteiger partial charge in [-0.05, 0) is 45.9 Å². The van der Waals surface area contributed by atoms with Gasteiger partial charge in [0.2, 0.25) is 5.91 Å². The molecule has 8 nitrogen and oxygen atoms in total. The summed E-state index contributed by atoms with van der Waals surface area (Å²) in [5.41, 5.74) is 1.79. The summed E-state index contributed by atoms with van der Waals surface area (Å²) in [7, 11) is 3.20. The van der Waals surface area contributed by atoms with Crippen molar-refractivity contribution >= 4 is 34.1 Å². The second-order valence-corrected chi connectivity index (χ2v) is 9.04. The van der Waals surface area contributed by atoms with Crippen LogP contribution in [0.2, 0.25) is 0 Å². The molecule has 0 bridgehead atoms. The summed E-state index contributed by atoms with van der Waals surface area (Å²) in [6.45, 7) is 8.44. The van der Waals surface area contributed by atoms with Crippen LogP contribution in [0.3, 0.4) is 0 Å². The number of benzene rings is 1. The maximum absolute atomic E-state index is 12.6. The molecule has 1 aromatic carbocycles. The van der Waals surface area contributed by atoms with E-state index < -0.39 is 0 Å². The number of thioether (sulfide) groups is 1. The smallest absolute Gasteiger partial charge is 0.239 e. The van der Waals surface area contributed by atoms with Crippen molar-refractivity contribution in [1.82, 2.24) is 19.7 Å². The summed E-state index contributed by atoms with van der Waals surface area (Å²) in [5, 5.41) is 12.5. The minimum Gasteiger partial charge on any atom is -0.493 e. The second-order valence-electron chi connectivity index (χ2n) is 6.53. The Morgan fingerprint density at radius 3 is 2.57 bits per heavy atom. The Balaban J connectivity index is 1.79. The third-order valence-corrected chi connectivity index (χ3v) is 6.65. The van der Waals surface area contributed by atoms with E-state index >= 15 is 0 Å². The molecule has 0 saturated carbocycles. The highest BCUT2D eigenvalue weighted by atomic mass is 32.2. The van der Waals surface area contributed by atoms with Gasteiger partial charge in [0.25, 0.3) is 0 Å². The fraction of sp³-hybridized carbons (Fsp3) is 0.400. The first-order valence-corrected chi connectivity index (χ1v) is 11.1. The van der Waals surface area contributed by atoms with E-state index in [4.69, 9.17) is 9.47 Å². The minimum absolute atomic E-state index is 0.118. The van der Waals surface area contributed by atoms with Crippen molar-refractivity contribution in [3.8, 4) is 22.9 Å². The molecule has 0 spiro atoms. The van der Waals surface area contributed by atoms with Gasteiger partial charge in [-0.15, -0.1) is 21.5 Å². The van der Waals surface area contributed by atoms with E-state index in [1.807, 2.05) is 50.5 Å². The number of hydrogen-bond acceptors (Lipinski definition) is 8. The molecule has 0 fully saturated rings. The van der Waals surface area contributed by atoms with E-state index in [0.29, 0.717) is 34.2 Å². The van der Waals surface area contributed by atoms with Crippen molar-refractivity contribution in [1.29, 1.82) is 0 Å². The number of anilines is 1. The fourth-order valence-electron chi connectivity index (χ4n) is 2.79. The molecule has 0 aliphatic carbocycles. The molecule has 3 aromatic rings. The average Bonchev–Trinajstić information content (AvgIpc) is 3.29. The zero-order chi connectivity index (χ0) is 21.8. The Morgan fingerprint density at radius 2 is 1.97 bits per heavy atom. The molecule has 2 aromatic heterocycles. The lowest BCUT2D eigenvalue weighted by molar-refractivity contribution is -0.115. The highest BCUT2D eigenvalue weighted by Gasteiger charge is 2.22. The van der Waals surface area contributed by atoms with Crippen LogP contribution in [0.1, 0.15) is 24.4 Å². The van der Waals surface area contributed by atoms with Gasteiger partial charge in [0, 0.05) is 17.0 Å².